The lowest BCUT2D eigenvalue weighted by molar-refractivity contribution is -0.117. The van der Waals surface area contributed by atoms with Crippen LogP contribution in [0.4, 0.5) is 5.69 Å². The summed E-state index contributed by atoms with van der Waals surface area (Å²) in [6.45, 7) is 3.89. The highest BCUT2D eigenvalue weighted by molar-refractivity contribution is 5.95. The molecule has 0 radical (unpaired) electrons. The second-order valence-electron chi connectivity index (χ2n) is 7.30. The molecule has 148 valence electrons. The molecular weight excluding hydrogens is 364 g/mol. The number of aromatic nitrogens is 2. The zero-order valence-electron chi connectivity index (χ0n) is 16.5. The van der Waals surface area contributed by atoms with Gasteiger partial charge in [-0.1, -0.05) is 24.3 Å². The maximum absolute atomic E-state index is 12.5. The van der Waals surface area contributed by atoms with Gasteiger partial charge in [0.1, 0.15) is 5.82 Å². The fourth-order valence-corrected chi connectivity index (χ4v) is 3.57. The van der Waals surface area contributed by atoms with E-state index in [0.717, 1.165) is 42.1 Å². The first kappa shape index (κ1) is 18.9. The summed E-state index contributed by atoms with van der Waals surface area (Å²) in [5.41, 5.74) is 3.62. The van der Waals surface area contributed by atoms with Crippen LogP contribution in [-0.2, 0) is 17.9 Å². The molecule has 1 fully saturated rings. The van der Waals surface area contributed by atoms with E-state index in [2.05, 4.69) is 14.9 Å². The number of benzene rings is 2. The number of amides is 2. The van der Waals surface area contributed by atoms with Gasteiger partial charge >= 0.3 is 0 Å². The van der Waals surface area contributed by atoms with Crippen molar-refractivity contribution in [1.29, 1.82) is 0 Å². The Morgan fingerprint density at radius 1 is 1.14 bits per heavy atom. The predicted molar refractivity (Wildman–Crippen MR) is 112 cm³/mol. The molecule has 1 N–H and O–H groups in total. The summed E-state index contributed by atoms with van der Waals surface area (Å²) in [6, 6.07) is 15.4. The number of hydrogen-bond acceptors (Lipinski definition) is 3. The monoisotopic (exact) mass is 388 g/mol. The van der Waals surface area contributed by atoms with E-state index in [0.29, 0.717) is 18.5 Å². The summed E-state index contributed by atoms with van der Waals surface area (Å²) >= 11 is 0. The van der Waals surface area contributed by atoms with Crippen LogP contribution in [0.1, 0.15) is 40.2 Å². The van der Waals surface area contributed by atoms with Crippen molar-refractivity contribution in [1.82, 2.24) is 14.9 Å². The third kappa shape index (κ3) is 4.37. The Kier molecular flexibility index (Phi) is 5.42. The summed E-state index contributed by atoms with van der Waals surface area (Å²) in [7, 11) is 0. The molecule has 0 bridgehead atoms. The van der Waals surface area contributed by atoms with Gasteiger partial charge in [0.15, 0.2) is 0 Å². The number of anilines is 1. The topological polar surface area (TPSA) is 67.2 Å². The van der Waals surface area contributed by atoms with E-state index in [-0.39, 0.29) is 11.8 Å². The van der Waals surface area contributed by atoms with Gasteiger partial charge in [0, 0.05) is 49.7 Å². The number of rotatable bonds is 6. The van der Waals surface area contributed by atoms with E-state index in [1.54, 1.807) is 6.20 Å². The van der Waals surface area contributed by atoms with Crippen LogP contribution in [0.3, 0.4) is 0 Å². The third-order valence-electron chi connectivity index (χ3n) is 5.24. The second kappa shape index (κ2) is 8.31. The van der Waals surface area contributed by atoms with Crippen molar-refractivity contribution in [2.75, 3.05) is 11.4 Å². The van der Waals surface area contributed by atoms with Crippen molar-refractivity contribution in [3.05, 3.63) is 83.4 Å². The molecule has 2 heterocycles. The molecule has 0 aliphatic carbocycles. The van der Waals surface area contributed by atoms with Crippen LogP contribution in [0.25, 0.3) is 0 Å². The van der Waals surface area contributed by atoms with Crippen LogP contribution in [0, 0.1) is 6.92 Å². The molecule has 1 saturated heterocycles. The number of nitrogens with zero attached hydrogens (tertiary/aromatic N) is 3. The summed E-state index contributed by atoms with van der Waals surface area (Å²) in [5, 5.41) is 2.96. The lowest BCUT2D eigenvalue weighted by atomic mass is 10.1. The van der Waals surface area contributed by atoms with Gasteiger partial charge in [-0.15, -0.1) is 0 Å². The molecule has 3 aromatic rings. The van der Waals surface area contributed by atoms with E-state index in [4.69, 9.17) is 0 Å². The Hall–Kier alpha value is -3.41. The Labute approximate surface area is 170 Å². The van der Waals surface area contributed by atoms with Crippen molar-refractivity contribution in [3.8, 4) is 0 Å². The molecule has 0 atom stereocenters. The van der Waals surface area contributed by atoms with Crippen LogP contribution in [0.2, 0.25) is 0 Å². The number of imidazole rings is 1. The number of carbonyl (C=O) groups excluding carboxylic acids is 2. The predicted octanol–water partition coefficient (Wildman–Crippen LogP) is 3.30. The van der Waals surface area contributed by atoms with E-state index in [1.807, 2.05) is 66.6 Å². The van der Waals surface area contributed by atoms with Crippen LogP contribution in [0.15, 0.2) is 60.9 Å². The Balaban J connectivity index is 1.36. The SMILES string of the molecule is Cc1nccn1Cc1ccc(C(=O)NCc2cccc(N3CCCC3=O)c2)cc1. The normalized spacial score (nSPS) is 13.7. The fourth-order valence-electron chi connectivity index (χ4n) is 3.57. The van der Waals surface area contributed by atoms with Gasteiger partial charge in [-0.05, 0) is 48.7 Å². The van der Waals surface area contributed by atoms with Gasteiger partial charge < -0.3 is 14.8 Å². The van der Waals surface area contributed by atoms with Gasteiger partial charge in [-0.2, -0.15) is 0 Å². The highest BCUT2D eigenvalue weighted by Gasteiger charge is 2.21. The first-order valence-corrected chi connectivity index (χ1v) is 9.84. The lowest BCUT2D eigenvalue weighted by Gasteiger charge is -2.16. The summed E-state index contributed by atoms with van der Waals surface area (Å²) in [5.74, 6) is 1.01. The molecule has 1 aliphatic rings. The van der Waals surface area contributed by atoms with Crippen molar-refractivity contribution in [2.24, 2.45) is 0 Å². The standard InChI is InChI=1S/C23H24N4O2/c1-17-24-11-13-26(17)16-18-7-9-20(10-8-18)23(29)25-15-19-4-2-5-21(14-19)27-12-3-6-22(27)28/h2,4-5,7-11,13-14H,3,6,12,15-16H2,1H3,(H,25,29). The number of aryl methyl sites for hydroxylation is 1. The molecule has 2 amide bonds. The van der Waals surface area contributed by atoms with Crippen molar-refractivity contribution in [2.45, 2.75) is 32.9 Å². The molecular formula is C23H24N4O2. The largest absolute Gasteiger partial charge is 0.348 e. The van der Waals surface area contributed by atoms with Crippen molar-refractivity contribution < 1.29 is 9.59 Å². The average Bonchev–Trinajstić information content (AvgIpc) is 3.35. The average molecular weight is 388 g/mol. The lowest BCUT2D eigenvalue weighted by Crippen LogP contribution is -2.25. The first-order valence-electron chi connectivity index (χ1n) is 9.84. The van der Waals surface area contributed by atoms with Crippen molar-refractivity contribution >= 4 is 17.5 Å². The Morgan fingerprint density at radius 2 is 1.97 bits per heavy atom. The molecule has 0 saturated carbocycles. The molecule has 4 rings (SSSR count). The quantitative estimate of drug-likeness (QED) is 0.705. The molecule has 6 heteroatoms. The van der Waals surface area contributed by atoms with Gasteiger partial charge in [0.2, 0.25) is 5.91 Å². The van der Waals surface area contributed by atoms with E-state index >= 15 is 0 Å². The molecule has 6 nitrogen and oxygen atoms in total. The third-order valence-corrected chi connectivity index (χ3v) is 5.24. The smallest absolute Gasteiger partial charge is 0.251 e. The molecule has 1 aromatic heterocycles. The molecule has 0 spiro atoms. The minimum Gasteiger partial charge on any atom is -0.348 e. The van der Waals surface area contributed by atoms with Gasteiger partial charge in [-0.3, -0.25) is 9.59 Å². The minimum atomic E-state index is -0.113. The van der Waals surface area contributed by atoms with Crippen LogP contribution >= 0.6 is 0 Å². The Morgan fingerprint density at radius 3 is 2.66 bits per heavy atom. The molecule has 1 aliphatic heterocycles. The van der Waals surface area contributed by atoms with E-state index in [9.17, 15) is 9.59 Å². The van der Waals surface area contributed by atoms with Crippen LogP contribution in [-0.4, -0.2) is 27.9 Å². The molecule has 2 aromatic carbocycles. The van der Waals surface area contributed by atoms with Gasteiger partial charge in [-0.25, -0.2) is 4.98 Å². The van der Waals surface area contributed by atoms with E-state index in [1.165, 1.54) is 0 Å². The molecule has 0 unspecified atom stereocenters. The van der Waals surface area contributed by atoms with Crippen LogP contribution in [0.5, 0.6) is 0 Å². The summed E-state index contributed by atoms with van der Waals surface area (Å²) in [6.07, 6.45) is 5.24. The molecule has 29 heavy (non-hydrogen) atoms. The number of hydrogen-bond donors (Lipinski definition) is 1. The van der Waals surface area contributed by atoms with Gasteiger partial charge in [0.05, 0.1) is 0 Å². The summed E-state index contributed by atoms with van der Waals surface area (Å²) < 4.78 is 2.06. The van der Waals surface area contributed by atoms with E-state index < -0.39 is 0 Å². The first-order chi connectivity index (χ1) is 14.1. The number of carbonyl (C=O) groups is 2. The maximum Gasteiger partial charge on any atom is 0.251 e. The fraction of sp³-hybridized carbons (Fsp3) is 0.261. The second-order valence-corrected chi connectivity index (χ2v) is 7.30. The van der Waals surface area contributed by atoms with Crippen molar-refractivity contribution in [3.63, 3.8) is 0 Å². The Bertz CT molecular complexity index is 1020. The zero-order valence-corrected chi connectivity index (χ0v) is 16.5. The maximum atomic E-state index is 12.5. The van der Waals surface area contributed by atoms with Gasteiger partial charge in [0.25, 0.3) is 5.91 Å². The van der Waals surface area contributed by atoms with Crippen LogP contribution < -0.4 is 10.2 Å². The minimum absolute atomic E-state index is 0.113. The highest BCUT2D eigenvalue weighted by atomic mass is 16.2. The number of nitrogens with one attached hydrogen (secondary N) is 1. The zero-order chi connectivity index (χ0) is 20.2. The summed E-state index contributed by atoms with van der Waals surface area (Å²) in [4.78, 5) is 30.5. The highest BCUT2D eigenvalue weighted by Crippen LogP contribution is 2.22.